The van der Waals surface area contributed by atoms with E-state index in [4.69, 9.17) is 9.26 Å². The number of hydrogen-bond acceptors (Lipinski definition) is 9. The van der Waals surface area contributed by atoms with E-state index in [0.29, 0.717) is 17.8 Å². The molecule has 0 bridgehead atoms. The van der Waals surface area contributed by atoms with Crippen LogP contribution < -0.4 is 15.0 Å². The predicted molar refractivity (Wildman–Crippen MR) is 158 cm³/mol. The zero-order chi connectivity index (χ0) is 29.1. The second-order valence-electron chi connectivity index (χ2n) is 11.6. The molecule has 0 radical (unpaired) electrons. The molecule has 0 spiro atoms. The van der Waals surface area contributed by atoms with Gasteiger partial charge in [-0.1, -0.05) is 5.16 Å². The molecule has 0 atom stereocenters. The Kier molecular flexibility index (Phi) is 8.70. The third kappa shape index (κ3) is 6.77. The van der Waals surface area contributed by atoms with Crippen molar-refractivity contribution >= 4 is 11.6 Å². The number of piperidine rings is 1. The molecule has 10 nitrogen and oxygen atoms in total. The number of nitrogens with zero attached hydrogens (tertiary/aromatic N) is 4. The van der Waals surface area contributed by atoms with Gasteiger partial charge in [0.1, 0.15) is 28.6 Å². The Hall–Kier alpha value is -3.76. The zero-order valence-corrected chi connectivity index (χ0v) is 24.3. The number of phenols is 2. The summed E-state index contributed by atoms with van der Waals surface area (Å²) in [6.45, 7) is 1.95. The van der Waals surface area contributed by atoms with Crippen LogP contribution in [0.1, 0.15) is 49.0 Å². The van der Waals surface area contributed by atoms with Gasteiger partial charge in [0.25, 0.3) is 5.91 Å². The average molecular weight is 564 g/mol. The average Bonchev–Trinajstić information content (AvgIpc) is 3.43. The van der Waals surface area contributed by atoms with Crippen LogP contribution in [0.25, 0.3) is 11.3 Å². The highest BCUT2D eigenvalue weighted by molar-refractivity contribution is 5.93. The van der Waals surface area contributed by atoms with Gasteiger partial charge in [0.05, 0.1) is 0 Å². The van der Waals surface area contributed by atoms with Crippen molar-refractivity contribution in [2.45, 2.75) is 56.7 Å². The summed E-state index contributed by atoms with van der Waals surface area (Å²) in [5.41, 5.74) is 1.32. The number of phenolic OH excluding ortho intramolecular Hbond substituents is 2. The lowest BCUT2D eigenvalue weighted by molar-refractivity contribution is 0.0799. The highest BCUT2D eigenvalue weighted by Crippen LogP contribution is 2.43. The Morgan fingerprint density at radius 2 is 1.66 bits per heavy atom. The maximum atomic E-state index is 13.1. The Bertz CT molecular complexity index is 1320. The lowest BCUT2D eigenvalue weighted by Gasteiger charge is -2.42. The van der Waals surface area contributed by atoms with E-state index in [-0.39, 0.29) is 46.2 Å². The van der Waals surface area contributed by atoms with Crippen LogP contribution in [0, 0.1) is 0 Å². The van der Waals surface area contributed by atoms with E-state index in [9.17, 15) is 15.0 Å². The number of carbonyl (C=O) groups excluding carboxylic acids is 1. The SMILES string of the molecule is CN(C)c1ccc(Oc2cc(O)cc(O)c2-c2cc(C(=O)NC3CCN(C4CCC(N(C)C)CC4)CC3)no2)cc1. The van der Waals surface area contributed by atoms with E-state index in [1.165, 1.54) is 43.9 Å². The van der Waals surface area contributed by atoms with Crippen LogP contribution in [-0.4, -0.2) is 90.5 Å². The third-order valence-electron chi connectivity index (χ3n) is 8.41. The summed E-state index contributed by atoms with van der Waals surface area (Å²) < 4.78 is 11.5. The van der Waals surface area contributed by atoms with Crippen molar-refractivity contribution in [1.29, 1.82) is 0 Å². The smallest absolute Gasteiger partial charge is 0.273 e. The monoisotopic (exact) mass is 563 g/mol. The van der Waals surface area contributed by atoms with Crippen LogP contribution in [0.3, 0.4) is 0 Å². The first kappa shape index (κ1) is 28.8. The fourth-order valence-electron chi connectivity index (χ4n) is 5.96. The van der Waals surface area contributed by atoms with Crippen LogP contribution >= 0.6 is 0 Å². The van der Waals surface area contributed by atoms with E-state index in [1.807, 2.05) is 31.1 Å². The molecule has 2 fully saturated rings. The lowest BCUT2D eigenvalue weighted by Crippen LogP contribution is -2.49. The van der Waals surface area contributed by atoms with Crippen molar-refractivity contribution in [1.82, 2.24) is 20.3 Å². The highest BCUT2D eigenvalue weighted by Gasteiger charge is 2.30. The highest BCUT2D eigenvalue weighted by atomic mass is 16.5. The number of likely N-dealkylation sites (tertiary alicyclic amines) is 1. The van der Waals surface area contributed by atoms with Gasteiger partial charge in [0.15, 0.2) is 11.5 Å². The predicted octanol–water partition coefficient (Wildman–Crippen LogP) is 4.68. The molecule has 1 aromatic heterocycles. The number of rotatable bonds is 8. The third-order valence-corrected chi connectivity index (χ3v) is 8.41. The molecule has 1 aliphatic heterocycles. The molecule has 2 aromatic carbocycles. The van der Waals surface area contributed by atoms with Gasteiger partial charge in [-0.2, -0.15) is 0 Å². The van der Waals surface area contributed by atoms with Gasteiger partial charge >= 0.3 is 0 Å². The van der Waals surface area contributed by atoms with Crippen molar-refractivity contribution in [2.24, 2.45) is 0 Å². The van der Waals surface area contributed by atoms with Gasteiger partial charge < -0.3 is 39.5 Å². The summed E-state index contributed by atoms with van der Waals surface area (Å²) in [7, 11) is 8.23. The summed E-state index contributed by atoms with van der Waals surface area (Å²) in [6, 6.07) is 12.9. The lowest BCUT2D eigenvalue weighted by atomic mass is 9.88. The minimum absolute atomic E-state index is 0.0723. The van der Waals surface area contributed by atoms with Crippen LogP contribution in [0.15, 0.2) is 47.0 Å². The quantitative estimate of drug-likeness (QED) is 0.359. The van der Waals surface area contributed by atoms with Crippen LogP contribution in [-0.2, 0) is 0 Å². The summed E-state index contributed by atoms with van der Waals surface area (Å²) in [4.78, 5) is 20.0. The van der Waals surface area contributed by atoms with Gasteiger partial charge in [0.2, 0.25) is 0 Å². The van der Waals surface area contributed by atoms with E-state index in [2.05, 4.69) is 34.4 Å². The summed E-state index contributed by atoms with van der Waals surface area (Å²) in [6.07, 6.45) is 6.75. The normalized spacial score (nSPS) is 20.2. The van der Waals surface area contributed by atoms with E-state index in [0.717, 1.165) is 31.6 Å². The molecule has 2 aliphatic rings. The van der Waals surface area contributed by atoms with Crippen molar-refractivity contribution in [3.05, 3.63) is 48.2 Å². The van der Waals surface area contributed by atoms with Gasteiger partial charge in [-0.05, 0) is 76.9 Å². The fourth-order valence-corrected chi connectivity index (χ4v) is 5.96. The van der Waals surface area contributed by atoms with Gasteiger partial charge in [-0.3, -0.25) is 4.79 Å². The maximum absolute atomic E-state index is 13.1. The number of hydrogen-bond donors (Lipinski definition) is 3. The maximum Gasteiger partial charge on any atom is 0.273 e. The molecule has 1 saturated carbocycles. The molecular formula is C31H41N5O5. The van der Waals surface area contributed by atoms with Gasteiger partial charge in [-0.25, -0.2) is 0 Å². The summed E-state index contributed by atoms with van der Waals surface area (Å²) >= 11 is 0. The second-order valence-corrected chi connectivity index (χ2v) is 11.6. The molecule has 0 unspecified atom stereocenters. The van der Waals surface area contributed by atoms with Gasteiger partial charge in [-0.15, -0.1) is 0 Å². The van der Waals surface area contributed by atoms with Crippen molar-refractivity contribution in [2.75, 3.05) is 46.2 Å². The van der Waals surface area contributed by atoms with E-state index in [1.54, 1.807) is 12.1 Å². The topological polar surface area (TPSA) is 115 Å². The van der Waals surface area contributed by atoms with Gasteiger partial charge in [0, 0.05) is 69.2 Å². The van der Waals surface area contributed by atoms with Crippen LogP contribution in [0.5, 0.6) is 23.0 Å². The molecule has 3 N–H and O–H groups in total. The number of carbonyl (C=O) groups is 1. The Morgan fingerprint density at radius 3 is 2.29 bits per heavy atom. The standard InChI is InChI=1S/C31H41N5O5/c1-34(2)21-5-7-23(8-6-21)36-15-13-20(14-16-36)32-31(39)26-19-29(41-33-26)30-27(38)17-24(37)18-28(30)40-25-11-9-22(10-12-25)35(3)4/h9-12,17-21,23,37-38H,5-8,13-16H2,1-4H3,(H,32,39). The molecule has 41 heavy (non-hydrogen) atoms. The second kappa shape index (κ2) is 12.4. The number of benzene rings is 2. The number of amides is 1. The minimum atomic E-state index is -0.315. The molecular weight excluding hydrogens is 522 g/mol. The fraction of sp³-hybridized carbons (Fsp3) is 0.484. The first-order valence-corrected chi connectivity index (χ1v) is 14.4. The first-order valence-electron chi connectivity index (χ1n) is 14.4. The minimum Gasteiger partial charge on any atom is -0.508 e. The molecule has 220 valence electrons. The molecule has 1 amide bonds. The van der Waals surface area contributed by atoms with Crippen LogP contribution in [0.4, 0.5) is 5.69 Å². The largest absolute Gasteiger partial charge is 0.508 e. The molecule has 1 aliphatic carbocycles. The first-order chi connectivity index (χ1) is 19.7. The number of nitrogens with one attached hydrogen (secondary N) is 1. The molecule has 2 heterocycles. The number of aromatic nitrogens is 1. The van der Waals surface area contributed by atoms with Crippen molar-refractivity contribution in [3.8, 4) is 34.3 Å². The molecule has 5 rings (SSSR count). The Morgan fingerprint density at radius 1 is 0.976 bits per heavy atom. The van der Waals surface area contributed by atoms with Crippen molar-refractivity contribution < 1.29 is 24.3 Å². The molecule has 3 aromatic rings. The van der Waals surface area contributed by atoms with E-state index >= 15 is 0 Å². The molecule has 1 saturated heterocycles. The summed E-state index contributed by atoms with van der Waals surface area (Å²) in [5, 5.41) is 27.8. The number of aromatic hydroxyl groups is 2. The zero-order valence-electron chi connectivity index (χ0n) is 24.3. The molecule has 10 heteroatoms. The van der Waals surface area contributed by atoms with Crippen LogP contribution in [0.2, 0.25) is 0 Å². The van der Waals surface area contributed by atoms with Crippen molar-refractivity contribution in [3.63, 3.8) is 0 Å². The number of anilines is 1. The summed E-state index contributed by atoms with van der Waals surface area (Å²) in [5.74, 6) is 0.119. The Balaban J connectivity index is 1.21. The Labute approximate surface area is 241 Å². The number of ether oxygens (including phenoxy) is 1. The van der Waals surface area contributed by atoms with E-state index < -0.39 is 0 Å².